The molecule has 0 saturated heterocycles. The van der Waals surface area contributed by atoms with Crippen LogP contribution in [0.4, 0.5) is 4.39 Å². The molecule has 10 nitrogen and oxygen atoms in total. The summed E-state index contributed by atoms with van der Waals surface area (Å²) in [6, 6.07) is 2.58. The quantitative estimate of drug-likeness (QED) is 0.286. The summed E-state index contributed by atoms with van der Waals surface area (Å²) >= 11 is 0. The minimum atomic E-state index is -1.77. The lowest BCUT2D eigenvalue weighted by atomic mass is 9.81. The number of ether oxygens (including phenoxy) is 2. The third-order valence-electron chi connectivity index (χ3n) is 8.49. The van der Waals surface area contributed by atoms with Crippen molar-refractivity contribution in [3.8, 4) is 11.4 Å². The summed E-state index contributed by atoms with van der Waals surface area (Å²) < 4.78 is 27.2. The van der Waals surface area contributed by atoms with Crippen molar-refractivity contribution in [3.63, 3.8) is 0 Å². The van der Waals surface area contributed by atoms with E-state index in [-0.39, 0.29) is 48.9 Å². The van der Waals surface area contributed by atoms with Gasteiger partial charge >= 0.3 is 5.97 Å². The van der Waals surface area contributed by atoms with Crippen LogP contribution in [0.1, 0.15) is 73.0 Å². The van der Waals surface area contributed by atoms with E-state index in [0.717, 1.165) is 22.1 Å². The number of amides is 1. The number of nitrogens with one attached hydrogen (secondary N) is 1. The van der Waals surface area contributed by atoms with E-state index in [2.05, 4.69) is 5.32 Å². The van der Waals surface area contributed by atoms with Gasteiger partial charge in [0.25, 0.3) is 12.0 Å². The van der Waals surface area contributed by atoms with Gasteiger partial charge in [-0.1, -0.05) is 6.92 Å². The van der Waals surface area contributed by atoms with Gasteiger partial charge in [0, 0.05) is 22.6 Å². The number of rotatable bonds is 5. The van der Waals surface area contributed by atoms with Crippen molar-refractivity contribution in [3.05, 3.63) is 61.7 Å². The highest BCUT2D eigenvalue weighted by Gasteiger charge is 2.49. The Kier molecular flexibility index (Phi) is 5.67. The Morgan fingerprint density at radius 1 is 1.32 bits per heavy atom. The minimum absolute atomic E-state index is 0.0561. The number of nitrogens with zero attached hydrogens (tertiary/aromatic N) is 2. The zero-order valence-corrected chi connectivity index (χ0v) is 22.6. The van der Waals surface area contributed by atoms with Crippen molar-refractivity contribution < 1.29 is 28.2 Å². The first kappa shape index (κ1) is 26.1. The second kappa shape index (κ2) is 8.69. The maximum Gasteiger partial charge on any atom is 0.355 e. The first-order valence-corrected chi connectivity index (χ1v) is 13.2. The normalized spacial score (nSPS) is 20.9. The van der Waals surface area contributed by atoms with Crippen molar-refractivity contribution in [2.75, 3.05) is 0 Å². The van der Waals surface area contributed by atoms with Gasteiger partial charge < -0.3 is 25.1 Å². The number of esters is 1. The van der Waals surface area contributed by atoms with E-state index in [1.54, 1.807) is 33.8 Å². The Balaban J connectivity index is 1.64. The Morgan fingerprint density at radius 3 is 2.75 bits per heavy atom. The molecule has 0 spiro atoms. The Hall–Kier alpha value is -4.12. The Bertz CT molecular complexity index is 1720. The van der Waals surface area contributed by atoms with Crippen molar-refractivity contribution in [1.82, 2.24) is 14.9 Å². The molecule has 6 rings (SSSR count). The summed E-state index contributed by atoms with van der Waals surface area (Å²) in [4.78, 5) is 55.9. The van der Waals surface area contributed by atoms with Crippen molar-refractivity contribution in [2.45, 2.75) is 77.3 Å². The molecule has 1 amide bonds. The number of carbonyl (C=O) groups is 3. The van der Waals surface area contributed by atoms with Crippen LogP contribution in [0.2, 0.25) is 0 Å². The van der Waals surface area contributed by atoms with Gasteiger partial charge in [-0.15, -0.1) is 0 Å². The van der Waals surface area contributed by atoms with Crippen LogP contribution in [-0.4, -0.2) is 33.4 Å². The molecule has 2 atom stereocenters. The van der Waals surface area contributed by atoms with Crippen LogP contribution in [0.5, 0.6) is 0 Å². The largest absolute Gasteiger partial charge is 0.457 e. The van der Waals surface area contributed by atoms with Gasteiger partial charge in [0.15, 0.2) is 0 Å². The Labute approximate surface area is 228 Å². The summed E-state index contributed by atoms with van der Waals surface area (Å²) in [7, 11) is 0. The highest BCUT2D eigenvalue weighted by atomic mass is 19.1. The number of hydrogen-bond donors (Lipinski definition) is 2. The fourth-order valence-corrected chi connectivity index (χ4v) is 6.31. The van der Waals surface area contributed by atoms with Gasteiger partial charge in [-0.05, 0) is 62.8 Å². The van der Waals surface area contributed by atoms with E-state index >= 15 is 4.39 Å². The molecule has 0 bridgehead atoms. The molecule has 0 fully saturated rings. The monoisotopic (exact) mass is 548 g/mol. The Morgan fingerprint density at radius 2 is 2.08 bits per heavy atom. The molecule has 1 aromatic carbocycles. The van der Waals surface area contributed by atoms with Gasteiger partial charge in [0.05, 0.1) is 40.6 Å². The lowest BCUT2D eigenvalue weighted by Crippen LogP contribution is -2.50. The van der Waals surface area contributed by atoms with Crippen LogP contribution < -0.4 is 16.6 Å². The third kappa shape index (κ3) is 3.46. The summed E-state index contributed by atoms with van der Waals surface area (Å²) in [6.07, 6.45) is 1.10. The third-order valence-corrected chi connectivity index (χ3v) is 8.49. The van der Waals surface area contributed by atoms with Gasteiger partial charge in [-0.2, -0.15) is 0 Å². The topological polar surface area (TPSA) is 143 Å². The lowest BCUT2D eigenvalue weighted by Gasteiger charge is -2.34. The molecule has 3 aromatic rings. The molecule has 1 aliphatic carbocycles. The molecule has 3 aliphatic rings. The standard InChI is InChI=1S/C29H29FN4O6/c1-5-29(40-12-35)17-8-21-24-15(10-34(21)25(36)16(17)11-39-27(29)38)23-19(33-26(37)28(3,4)31)7-6-14-13(2)18(30)9-20(32-24)22(14)23/h8-9,12,19H,5-7,10-11,31H2,1-4H3,(H,33,37)/t19-,29-/m0/s1. The lowest BCUT2D eigenvalue weighted by molar-refractivity contribution is -0.182. The molecule has 4 heterocycles. The van der Waals surface area contributed by atoms with E-state index in [1.807, 2.05) is 0 Å². The number of carbonyl (C=O) groups excluding carboxylic acids is 3. The number of nitrogens with two attached hydrogens (primary N) is 1. The van der Waals surface area contributed by atoms with Crippen molar-refractivity contribution in [2.24, 2.45) is 5.73 Å². The summed E-state index contributed by atoms with van der Waals surface area (Å²) in [5.41, 5.74) is 7.38. The fraction of sp³-hybridized carbons (Fsp3) is 0.414. The van der Waals surface area contributed by atoms with Crippen LogP contribution in [0.15, 0.2) is 16.9 Å². The molecule has 0 unspecified atom stereocenters. The van der Waals surface area contributed by atoms with Gasteiger partial charge in [-0.25, -0.2) is 14.2 Å². The van der Waals surface area contributed by atoms with E-state index in [1.165, 1.54) is 10.6 Å². The zero-order chi connectivity index (χ0) is 28.7. The first-order valence-electron chi connectivity index (χ1n) is 13.2. The molecular weight excluding hydrogens is 519 g/mol. The smallest absolute Gasteiger partial charge is 0.355 e. The molecule has 11 heteroatoms. The molecule has 208 valence electrons. The highest BCUT2D eigenvalue weighted by molar-refractivity contribution is 5.94. The molecular formula is C29H29FN4O6. The van der Waals surface area contributed by atoms with Crippen LogP contribution >= 0.6 is 0 Å². The van der Waals surface area contributed by atoms with Gasteiger partial charge in [0.2, 0.25) is 11.5 Å². The number of aromatic nitrogens is 2. The molecule has 40 heavy (non-hydrogen) atoms. The number of halogens is 1. The maximum absolute atomic E-state index is 15.0. The minimum Gasteiger partial charge on any atom is -0.457 e. The van der Waals surface area contributed by atoms with E-state index < -0.39 is 28.7 Å². The maximum atomic E-state index is 15.0. The number of fused-ring (bicyclic) bond motifs is 5. The van der Waals surface area contributed by atoms with Crippen molar-refractivity contribution in [1.29, 1.82) is 0 Å². The summed E-state index contributed by atoms with van der Waals surface area (Å²) in [5.74, 6) is -1.48. The molecule has 2 aromatic heterocycles. The van der Waals surface area contributed by atoms with E-state index in [9.17, 15) is 19.2 Å². The number of hydrogen-bond acceptors (Lipinski definition) is 8. The first-order chi connectivity index (χ1) is 18.9. The molecule has 0 radical (unpaired) electrons. The fourth-order valence-electron chi connectivity index (χ4n) is 6.31. The molecule has 2 aliphatic heterocycles. The highest BCUT2D eigenvalue weighted by Crippen LogP contribution is 2.46. The van der Waals surface area contributed by atoms with Gasteiger partial charge in [-0.3, -0.25) is 14.4 Å². The predicted molar refractivity (Wildman–Crippen MR) is 142 cm³/mol. The number of cyclic esters (lactones) is 1. The number of benzene rings is 1. The average molecular weight is 549 g/mol. The van der Waals surface area contributed by atoms with Crippen LogP contribution in [0, 0.1) is 12.7 Å². The second-order valence-corrected chi connectivity index (χ2v) is 11.3. The summed E-state index contributed by atoms with van der Waals surface area (Å²) in [5, 5.41) is 3.83. The number of aryl methyl sites for hydroxylation is 1. The average Bonchev–Trinajstić information content (AvgIpc) is 3.27. The van der Waals surface area contributed by atoms with Crippen LogP contribution in [0.25, 0.3) is 22.3 Å². The molecule has 3 N–H and O–H groups in total. The van der Waals surface area contributed by atoms with E-state index in [4.69, 9.17) is 20.2 Å². The van der Waals surface area contributed by atoms with Gasteiger partial charge in [0.1, 0.15) is 12.4 Å². The van der Waals surface area contributed by atoms with E-state index in [0.29, 0.717) is 35.3 Å². The van der Waals surface area contributed by atoms with Crippen LogP contribution in [-0.2, 0) is 49.0 Å². The van der Waals surface area contributed by atoms with Crippen molar-refractivity contribution >= 4 is 29.3 Å². The SMILES string of the molecule is CC[C@@]1(OC=O)C(=O)OCc2c1cc1n(c2=O)Cc2c-1nc1cc(F)c(C)c3c1c2[C@@H](NC(=O)C(C)(C)N)CC3. The van der Waals surface area contributed by atoms with Crippen LogP contribution in [0.3, 0.4) is 0 Å². The zero-order valence-electron chi connectivity index (χ0n) is 22.6. The summed E-state index contributed by atoms with van der Waals surface area (Å²) in [6.45, 7) is 6.71. The predicted octanol–water partition coefficient (Wildman–Crippen LogP) is 2.55. The number of pyridine rings is 2. The molecule has 0 saturated carbocycles. The second-order valence-electron chi connectivity index (χ2n) is 11.3.